The average molecular weight is 400 g/mol. The lowest BCUT2D eigenvalue weighted by Gasteiger charge is -2.35. The molecule has 3 unspecified atom stereocenters. The molecule has 0 radical (unpaired) electrons. The third kappa shape index (κ3) is 10.1. The summed E-state index contributed by atoms with van der Waals surface area (Å²) in [5.74, 6) is 0.361. The number of nitrogens with zero attached hydrogens (tertiary/aromatic N) is 1. The Morgan fingerprint density at radius 1 is 1.04 bits per heavy atom. The molecule has 1 aliphatic rings. The van der Waals surface area contributed by atoms with Gasteiger partial charge in [-0.3, -0.25) is 0 Å². The van der Waals surface area contributed by atoms with Crippen LogP contribution in [0.1, 0.15) is 33.1 Å². The molecule has 0 aliphatic carbocycles. The van der Waals surface area contributed by atoms with Crippen molar-refractivity contribution in [2.45, 2.75) is 33.1 Å². The smallest absolute Gasteiger partial charge is 0.373 e. The molecule has 1 heterocycles. The lowest BCUT2D eigenvalue weighted by Crippen LogP contribution is -2.48. The topological polar surface area (TPSA) is 125 Å². The maximum atomic E-state index is 11.6. The number of rotatable bonds is 9. The summed E-state index contributed by atoms with van der Waals surface area (Å²) >= 11 is 0. The van der Waals surface area contributed by atoms with Gasteiger partial charge in [0.25, 0.3) is 0 Å². The summed E-state index contributed by atoms with van der Waals surface area (Å²) in [6.07, 6.45) is 3.78. The zero-order valence-electron chi connectivity index (χ0n) is 15.1. The number of hydrogen-bond donors (Lipinski definition) is 0. The van der Waals surface area contributed by atoms with Crippen molar-refractivity contribution in [1.29, 1.82) is 0 Å². The first-order chi connectivity index (χ1) is 11.4. The van der Waals surface area contributed by atoms with Crippen LogP contribution in [0, 0.1) is 11.8 Å². The molecule has 1 fully saturated rings. The molecule has 1 saturated heterocycles. The van der Waals surface area contributed by atoms with Crippen molar-refractivity contribution in [2.75, 3.05) is 43.9 Å². The molecule has 0 amide bonds. The van der Waals surface area contributed by atoms with Crippen molar-refractivity contribution >= 4 is 26.1 Å². The van der Waals surface area contributed by atoms with Crippen LogP contribution in [0.2, 0.25) is 0 Å². The Balaban J connectivity index is 0.00000178. The van der Waals surface area contributed by atoms with E-state index in [1.54, 1.807) is 0 Å². The molecule has 0 aromatic rings. The largest absolute Gasteiger partial charge is 0.748 e. The van der Waals surface area contributed by atoms with Gasteiger partial charge in [-0.1, -0.05) is 13.8 Å². The average Bonchev–Trinajstić information content (AvgIpc) is 2.74. The van der Waals surface area contributed by atoms with Crippen molar-refractivity contribution < 1.29 is 35.5 Å². The summed E-state index contributed by atoms with van der Waals surface area (Å²) in [7, 11) is -7.19. The molecule has 0 bridgehead atoms. The number of carbonyl (C=O) groups excluding carboxylic acids is 2. The first-order valence-corrected chi connectivity index (χ1v) is 12.0. The highest BCUT2D eigenvalue weighted by molar-refractivity contribution is 7.90. The number of sulfone groups is 1. The Morgan fingerprint density at radius 3 is 1.96 bits per heavy atom. The fourth-order valence-electron chi connectivity index (χ4n) is 3.94. The van der Waals surface area contributed by atoms with E-state index in [1.165, 1.54) is 6.26 Å². The molecule has 10 heteroatoms. The highest BCUT2D eigenvalue weighted by atomic mass is 32.2. The van der Waals surface area contributed by atoms with Crippen LogP contribution in [0.3, 0.4) is 0 Å². The summed E-state index contributed by atoms with van der Waals surface area (Å²) in [6, 6.07) is 0. The second kappa shape index (κ2) is 10.4. The molecule has 148 valence electrons. The van der Waals surface area contributed by atoms with Gasteiger partial charge in [0.15, 0.2) is 0 Å². The number of quaternary nitrogens is 1. The van der Waals surface area contributed by atoms with Crippen molar-refractivity contribution in [3.05, 3.63) is 0 Å². The normalized spacial score (nSPS) is 26.6. The summed E-state index contributed by atoms with van der Waals surface area (Å²) in [6.45, 7) is 7.38. The second-order valence-electron chi connectivity index (χ2n) is 6.87. The molecule has 1 aliphatic heterocycles. The molecule has 0 saturated carbocycles. The maximum Gasteiger partial charge on any atom is 0.373 e. The van der Waals surface area contributed by atoms with Crippen molar-refractivity contribution in [1.82, 2.24) is 0 Å². The monoisotopic (exact) mass is 399 g/mol. The predicted molar refractivity (Wildman–Crippen MR) is 91.2 cm³/mol. The lowest BCUT2D eigenvalue weighted by atomic mass is 9.96. The highest BCUT2D eigenvalue weighted by Gasteiger charge is 2.44. The van der Waals surface area contributed by atoms with Crippen LogP contribution >= 0.6 is 0 Å². The minimum atomic E-state index is -4.17. The van der Waals surface area contributed by atoms with Crippen LogP contribution in [0.4, 0.5) is 0 Å². The molecule has 0 aromatic heterocycles. The Kier molecular flexibility index (Phi) is 10.0. The predicted octanol–water partition coefficient (Wildman–Crippen LogP) is 0.266. The van der Waals surface area contributed by atoms with Crippen molar-refractivity contribution in [3.63, 3.8) is 0 Å². The van der Waals surface area contributed by atoms with E-state index in [0.717, 1.165) is 37.0 Å². The van der Waals surface area contributed by atoms with Crippen LogP contribution in [-0.4, -0.2) is 76.0 Å². The van der Waals surface area contributed by atoms with Gasteiger partial charge >= 0.3 is 6.15 Å². The fourth-order valence-corrected chi connectivity index (χ4v) is 5.57. The van der Waals surface area contributed by atoms with E-state index in [9.17, 15) is 21.4 Å². The van der Waals surface area contributed by atoms with Crippen molar-refractivity contribution in [3.8, 4) is 0 Å². The van der Waals surface area contributed by atoms with Gasteiger partial charge in [0.1, 0.15) is 9.84 Å². The lowest BCUT2D eigenvalue weighted by molar-refractivity contribution is -0.919. The molecule has 3 atom stereocenters. The van der Waals surface area contributed by atoms with E-state index in [-0.39, 0.29) is 23.6 Å². The standard InChI is InChI=1S/C14H29NO5S2.CO2/c1-4-7-15(8-6-9-22(18,19)20)10-13(5-2)14(11-15)12-21(3,16)17;2-1-3/h13-14H,4-12H2,1-3H3;. The van der Waals surface area contributed by atoms with Crippen LogP contribution in [-0.2, 0) is 29.5 Å². The van der Waals surface area contributed by atoms with Gasteiger partial charge in [0.05, 0.1) is 42.1 Å². The van der Waals surface area contributed by atoms with Gasteiger partial charge in [0, 0.05) is 30.3 Å². The summed E-state index contributed by atoms with van der Waals surface area (Å²) in [4.78, 5) is 16.2. The quantitative estimate of drug-likeness (QED) is 0.402. The Hall–Kier alpha value is -0.800. The molecule has 0 aromatic carbocycles. The minimum Gasteiger partial charge on any atom is -0.748 e. The minimum absolute atomic E-state index is 0.135. The van der Waals surface area contributed by atoms with Gasteiger partial charge in [-0.25, -0.2) is 16.8 Å². The van der Waals surface area contributed by atoms with Gasteiger partial charge in [-0.15, -0.1) is 0 Å². The molecule has 8 nitrogen and oxygen atoms in total. The SMILES string of the molecule is CCC[N+]1(CCCS(=O)(=O)[O-])CC(CC)C(CS(C)(=O)=O)C1.O=C=O. The summed E-state index contributed by atoms with van der Waals surface area (Å²) in [5.41, 5.74) is 0. The van der Waals surface area contributed by atoms with E-state index in [2.05, 4.69) is 13.8 Å². The first-order valence-electron chi connectivity index (χ1n) is 8.37. The van der Waals surface area contributed by atoms with Crippen LogP contribution < -0.4 is 0 Å². The van der Waals surface area contributed by atoms with E-state index in [4.69, 9.17) is 9.59 Å². The molecule has 0 spiro atoms. The van der Waals surface area contributed by atoms with E-state index in [1.807, 2.05) is 0 Å². The van der Waals surface area contributed by atoms with Gasteiger partial charge in [0.2, 0.25) is 0 Å². The van der Waals surface area contributed by atoms with E-state index in [0.29, 0.717) is 18.9 Å². The van der Waals surface area contributed by atoms with Gasteiger partial charge < -0.3 is 9.04 Å². The van der Waals surface area contributed by atoms with Crippen LogP contribution in [0.5, 0.6) is 0 Å². The molecule has 1 rings (SSSR count). The van der Waals surface area contributed by atoms with E-state index >= 15 is 0 Å². The first kappa shape index (κ1) is 24.2. The van der Waals surface area contributed by atoms with E-state index < -0.39 is 20.0 Å². The molecular formula is C15H29NO7S2. The second-order valence-corrected chi connectivity index (χ2v) is 10.6. The Morgan fingerprint density at radius 2 is 1.56 bits per heavy atom. The third-order valence-corrected chi connectivity index (χ3v) is 6.50. The molecule has 0 N–H and O–H groups in total. The van der Waals surface area contributed by atoms with Crippen LogP contribution in [0.25, 0.3) is 0 Å². The summed E-state index contributed by atoms with van der Waals surface area (Å²) < 4.78 is 56.4. The Bertz CT molecular complexity index is 639. The zero-order chi connectivity index (χ0) is 19.7. The number of likely N-dealkylation sites (tertiary alicyclic amines) is 1. The van der Waals surface area contributed by atoms with Gasteiger partial charge in [-0.05, 0) is 12.8 Å². The summed E-state index contributed by atoms with van der Waals surface area (Å²) in [5, 5.41) is 0. The third-order valence-electron chi connectivity index (χ3n) is 4.68. The van der Waals surface area contributed by atoms with Gasteiger partial charge in [-0.2, -0.15) is 9.59 Å². The van der Waals surface area contributed by atoms with Crippen LogP contribution in [0.15, 0.2) is 0 Å². The maximum absolute atomic E-state index is 11.6. The molecule has 25 heavy (non-hydrogen) atoms. The van der Waals surface area contributed by atoms with Crippen molar-refractivity contribution in [2.24, 2.45) is 11.8 Å². The number of hydrogen-bond acceptors (Lipinski definition) is 7. The zero-order valence-corrected chi connectivity index (χ0v) is 16.8. The fraction of sp³-hybridized carbons (Fsp3) is 0.933. The highest BCUT2D eigenvalue weighted by Crippen LogP contribution is 2.33. The molecular weight excluding hydrogens is 370 g/mol. The Labute approximate surface area is 150 Å².